The molecule has 2 heterocycles. The van der Waals surface area contributed by atoms with Crippen molar-refractivity contribution in [3.8, 4) is 0 Å². The standard InChI is InChI=1S/C19H23N3O4S2/c1-14-9-10-17(27-14)28(25,26)22-13-5-8-16(22)19(24)21-12-11-20-18(23)15-6-3-2-4-7-15/h2-4,6-7,9-10,16H,5,8,11-13H2,1H3,(H,20,23)(H,21,24)/t16-/m0/s1. The highest BCUT2D eigenvalue weighted by atomic mass is 32.2. The number of benzene rings is 1. The third-order valence-corrected chi connectivity index (χ3v) is 7.91. The molecular formula is C19H23N3O4S2. The zero-order valence-corrected chi connectivity index (χ0v) is 17.2. The first-order valence-electron chi connectivity index (χ1n) is 9.09. The van der Waals surface area contributed by atoms with Gasteiger partial charge >= 0.3 is 0 Å². The molecule has 9 heteroatoms. The highest BCUT2D eigenvalue weighted by Gasteiger charge is 2.39. The number of nitrogens with one attached hydrogen (secondary N) is 2. The van der Waals surface area contributed by atoms with Gasteiger partial charge < -0.3 is 10.6 Å². The van der Waals surface area contributed by atoms with Gasteiger partial charge in [0.1, 0.15) is 10.3 Å². The Kier molecular flexibility index (Phi) is 6.48. The molecule has 0 spiro atoms. The Morgan fingerprint density at radius 1 is 1.11 bits per heavy atom. The highest BCUT2D eigenvalue weighted by molar-refractivity contribution is 7.91. The van der Waals surface area contributed by atoms with Crippen molar-refractivity contribution in [2.45, 2.75) is 30.0 Å². The normalized spacial score (nSPS) is 17.4. The number of carbonyl (C=O) groups excluding carboxylic acids is 2. The fourth-order valence-corrected chi connectivity index (χ4v) is 6.20. The Morgan fingerprint density at radius 2 is 1.82 bits per heavy atom. The molecule has 0 saturated carbocycles. The Labute approximate surface area is 168 Å². The van der Waals surface area contributed by atoms with Crippen LogP contribution in [0.3, 0.4) is 0 Å². The lowest BCUT2D eigenvalue weighted by Gasteiger charge is -2.22. The molecule has 1 aliphatic heterocycles. The maximum absolute atomic E-state index is 12.8. The first-order chi connectivity index (χ1) is 13.4. The number of nitrogens with zero attached hydrogens (tertiary/aromatic N) is 1. The Bertz CT molecular complexity index is 941. The molecule has 0 unspecified atom stereocenters. The van der Waals surface area contributed by atoms with Gasteiger partial charge in [0.25, 0.3) is 15.9 Å². The summed E-state index contributed by atoms with van der Waals surface area (Å²) in [5.41, 5.74) is 0.549. The molecule has 1 fully saturated rings. The van der Waals surface area contributed by atoms with Gasteiger partial charge in [-0.2, -0.15) is 4.31 Å². The van der Waals surface area contributed by atoms with E-state index in [9.17, 15) is 18.0 Å². The summed E-state index contributed by atoms with van der Waals surface area (Å²) >= 11 is 1.21. The minimum Gasteiger partial charge on any atom is -0.353 e. The van der Waals surface area contributed by atoms with E-state index in [0.29, 0.717) is 24.9 Å². The number of aryl methyl sites for hydroxylation is 1. The van der Waals surface area contributed by atoms with Crippen LogP contribution in [0, 0.1) is 6.92 Å². The van der Waals surface area contributed by atoms with Gasteiger partial charge in [0, 0.05) is 30.1 Å². The van der Waals surface area contributed by atoms with Crippen LogP contribution in [-0.4, -0.2) is 50.2 Å². The van der Waals surface area contributed by atoms with Crippen LogP contribution >= 0.6 is 11.3 Å². The molecule has 1 aromatic carbocycles. The lowest BCUT2D eigenvalue weighted by Crippen LogP contribution is -2.47. The number of amides is 2. The minimum atomic E-state index is -3.67. The monoisotopic (exact) mass is 421 g/mol. The number of carbonyl (C=O) groups is 2. The number of sulfonamides is 1. The van der Waals surface area contributed by atoms with Crippen LogP contribution in [0.4, 0.5) is 0 Å². The van der Waals surface area contributed by atoms with E-state index in [1.54, 1.807) is 36.4 Å². The van der Waals surface area contributed by atoms with Crippen LogP contribution in [0.15, 0.2) is 46.7 Å². The average molecular weight is 422 g/mol. The molecule has 28 heavy (non-hydrogen) atoms. The van der Waals surface area contributed by atoms with Gasteiger partial charge in [-0.3, -0.25) is 9.59 Å². The van der Waals surface area contributed by atoms with Crippen LogP contribution in [0.2, 0.25) is 0 Å². The van der Waals surface area contributed by atoms with E-state index >= 15 is 0 Å². The van der Waals surface area contributed by atoms with Gasteiger partial charge in [-0.25, -0.2) is 8.42 Å². The lowest BCUT2D eigenvalue weighted by atomic mass is 10.2. The van der Waals surface area contributed by atoms with Crippen LogP contribution in [0.25, 0.3) is 0 Å². The topological polar surface area (TPSA) is 95.6 Å². The van der Waals surface area contributed by atoms with Gasteiger partial charge in [-0.15, -0.1) is 11.3 Å². The summed E-state index contributed by atoms with van der Waals surface area (Å²) in [5.74, 6) is -0.545. The lowest BCUT2D eigenvalue weighted by molar-refractivity contribution is -0.124. The Hall–Kier alpha value is -2.23. The van der Waals surface area contributed by atoms with Crippen molar-refractivity contribution >= 4 is 33.2 Å². The van der Waals surface area contributed by atoms with Crippen molar-refractivity contribution in [3.63, 3.8) is 0 Å². The van der Waals surface area contributed by atoms with Crippen LogP contribution < -0.4 is 10.6 Å². The van der Waals surface area contributed by atoms with Crippen LogP contribution in [-0.2, 0) is 14.8 Å². The van der Waals surface area contributed by atoms with E-state index < -0.39 is 16.1 Å². The molecule has 0 radical (unpaired) electrons. The summed E-state index contributed by atoms with van der Waals surface area (Å²) in [6.45, 7) is 2.69. The molecule has 0 bridgehead atoms. The molecule has 150 valence electrons. The van der Waals surface area contributed by atoms with Crippen molar-refractivity contribution in [2.75, 3.05) is 19.6 Å². The van der Waals surface area contributed by atoms with Crippen molar-refractivity contribution in [1.82, 2.24) is 14.9 Å². The van der Waals surface area contributed by atoms with Gasteiger partial charge in [0.15, 0.2) is 0 Å². The van der Waals surface area contributed by atoms with Crippen molar-refractivity contribution < 1.29 is 18.0 Å². The van der Waals surface area contributed by atoms with E-state index in [2.05, 4.69) is 10.6 Å². The number of rotatable bonds is 7. The molecule has 1 aromatic heterocycles. The number of hydrogen-bond acceptors (Lipinski definition) is 5. The van der Waals surface area contributed by atoms with Gasteiger partial charge in [0.05, 0.1) is 0 Å². The van der Waals surface area contributed by atoms with Crippen LogP contribution in [0.5, 0.6) is 0 Å². The molecule has 2 aromatic rings. The average Bonchev–Trinajstić information content (AvgIpc) is 3.35. The summed E-state index contributed by atoms with van der Waals surface area (Å²) in [5, 5.41) is 5.46. The first-order valence-corrected chi connectivity index (χ1v) is 11.3. The molecule has 1 aliphatic rings. The quantitative estimate of drug-likeness (QED) is 0.666. The second-order valence-electron chi connectivity index (χ2n) is 6.55. The zero-order valence-electron chi connectivity index (χ0n) is 15.6. The predicted octanol–water partition coefficient (Wildman–Crippen LogP) is 1.76. The summed E-state index contributed by atoms with van der Waals surface area (Å²) in [4.78, 5) is 25.4. The zero-order chi connectivity index (χ0) is 20.1. The fraction of sp³-hybridized carbons (Fsp3) is 0.368. The van der Waals surface area contributed by atoms with Crippen molar-refractivity contribution in [2.24, 2.45) is 0 Å². The van der Waals surface area contributed by atoms with Crippen LogP contribution in [0.1, 0.15) is 28.1 Å². The second-order valence-corrected chi connectivity index (χ2v) is 9.96. The molecule has 7 nitrogen and oxygen atoms in total. The number of thiophene rings is 1. The maximum atomic E-state index is 12.8. The van der Waals surface area contributed by atoms with E-state index in [0.717, 1.165) is 4.88 Å². The summed E-state index contributed by atoms with van der Waals surface area (Å²) in [7, 11) is -3.67. The second kappa shape index (κ2) is 8.85. The number of hydrogen-bond donors (Lipinski definition) is 2. The highest BCUT2D eigenvalue weighted by Crippen LogP contribution is 2.30. The predicted molar refractivity (Wildman–Crippen MR) is 108 cm³/mol. The Morgan fingerprint density at radius 3 is 2.50 bits per heavy atom. The molecular weight excluding hydrogens is 398 g/mol. The van der Waals surface area contributed by atoms with Crippen molar-refractivity contribution in [3.05, 3.63) is 52.9 Å². The molecule has 1 atom stereocenters. The smallest absolute Gasteiger partial charge is 0.253 e. The van der Waals surface area contributed by atoms with E-state index in [4.69, 9.17) is 0 Å². The fourth-order valence-electron chi connectivity index (χ4n) is 3.13. The third kappa shape index (κ3) is 4.60. The van der Waals surface area contributed by atoms with Gasteiger partial charge in [0.2, 0.25) is 5.91 Å². The summed E-state index contributed by atoms with van der Waals surface area (Å²) in [6, 6.07) is 11.4. The maximum Gasteiger partial charge on any atom is 0.253 e. The minimum absolute atomic E-state index is 0.215. The van der Waals surface area contributed by atoms with Crippen molar-refractivity contribution in [1.29, 1.82) is 0 Å². The molecule has 2 amide bonds. The van der Waals surface area contributed by atoms with Gasteiger partial charge in [-0.1, -0.05) is 18.2 Å². The largest absolute Gasteiger partial charge is 0.353 e. The van der Waals surface area contributed by atoms with E-state index in [-0.39, 0.29) is 29.1 Å². The first kappa shape index (κ1) is 20.5. The molecule has 2 N–H and O–H groups in total. The third-order valence-electron chi connectivity index (χ3n) is 4.53. The van der Waals surface area contributed by atoms with E-state index in [1.165, 1.54) is 15.6 Å². The molecule has 0 aliphatic carbocycles. The SMILES string of the molecule is Cc1ccc(S(=O)(=O)N2CCC[C@H]2C(=O)NCCNC(=O)c2ccccc2)s1. The molecule has 1 saturated heterocycles. The summed E-state index contributed by atoms with van der Waals surface area (Å²) < 4.78 is 27.2. The van der Waals surface area contributed by atoms with Gasteiger partial charge in [-0.05, 0) is 44.0 Å². The summed E-state index contributed by atoms with van der Waals surface area (Å²) in [6.07, 6.45) is 1.14. The van der Waals surface area contributed by atoms with E-state index in [1.807, 2.05) is 13.0 Å². The Balaban J connectivity index is 1.53. The molecule has 3 rings (SSSR count).